The quantitative estimate of drug-likeness (QED) is 0.128. The van der Waals surface area contributed by atoms with E-state index in [2.05, 4.69) is 207 Å². The molecule has 0 spiro atoms. The Hall–Kier alpha value is -8.48. The van der Waals surface area contributed by atoms with Crippen LogP contribution in [0.25, 0.3) is 73.8 Å². The highest BCUT2D eigenvalue weighted by molar-refractivity contribution is 5.97. The first-order valence-electron chi connectivity index (χ1n) is 22.3. The molecule has 66 heavy (non-hydrogen) atoms. The van der Waals surface area contributed by atoms with E-state index in [0.29, 0.717) is 22.9 Å². The number of hydrogen-bond donors (Lipinski definition) is 0. The topological polar surface area (TPSA) is 58.5 Å². The first-order chi connectivity index (χ1) is 32.3. The molecule has 6 nitrogen and oxygen atoms in total. The molecule has 0 bridgehead atoms. The van der Waals surface area contributed by atoms with Gasteiger partial charge in [-0.3, -0.25) is 0 Å². The molecule has 0 radical (unpaired) electrons. The Morgan fingerprint density at radius 3 is 1.47 bits per heavy atom. The van der Waals surface area contributed by atoms with Gasteiger partial charge in [-0.2, -0.15) is 0 Å². The molecule has 0 fully saturated rings. The number of fused-ring (bicyclic) bond motifs is 4. The molecule has 6 heteroatoms. The second-order valence-corrected chi connectivity index (χ2v) is 16.9. The van der Waals surface area contributed by atoms with Crippen LogP contribution in [-0.4, -0.2) is 9.97 Å². The fraction of sp³-hybridized carbons (Fsp3) is 0.0667. The second kappa shape index (κ2) is 16.9. The van der Waals surface area contributed by atoms with Gasteiger partial charge in [-0.05, 0) is 145 Å². The van der Waals surface area contributed by atoms with Gasteiger partial charge in [0.25, 0.3) is 11.8 Å². The maximum atomic E-state index is 6.34. The number of aryl methyl sites for hydroxylation is 3. The van der Waals surface area contributed by atoms with E-state index in [1.807, 2.05) is 37.3 Å². The van der Waals surface area contributed by atoms with Crippen molar-refractivity contribution in [1.82, 2.24) is 9.97 Å². The van der Waals surface area contributed by atoms with Crippen molar-refractivity contribution >= 4 is 96.1 Å². The van der Waals surface area contributed by atoms with Crippen molar-refractivity contribution in [1.29, 1.82) is 0 Å². The van der Waals surface area contributed by atoms with Crippen LogP contribution >= 0.6 is 0 Å². The maximum Gasteiger partial charge on any atom is 0.284 e. The number of benzene rings is 9. The normalized spacial score (nSPS) is 11.8. The SMILES string of the molecule is C/C=C/c1cc(N(c2ccc(C)cc2)c2ccc3ccccc3c2)c(/C=C/c2ccc3nc(-c4nc5cc(C)ccc5o4)oc3c2)cc1N(c1ccc(C)cc1)c1ccc2ccccc2c1. The van der Waals surface area contributed by atoms with Crippen molar-refractivity contribution < 1.29 is 8.83 Å². The Labute approximate surface area is 384 Å². The zero-order valence-corrected chi connectivity index (χ0v) is 37.2. The molecule has 0 aliphatic heterocycles. The summed E-state index contributed by atoms with van der Waals surface area (Å²) in [7, 11) is 0. The number of anilines is 6. The molecule has 0 unspecified atom stereocenters. The zero-order valence-electron chi connectivity index (χ0n) is 37.2. The molecular weight excluding hydrogens is 809 g/mol. The molecule has 0 saturated carbocycles. The van der Waals surface area contributed by atoms with Crippen LogP contribution in [-0.2, 0) is 0 Å². The lowest BCUT2D eigenvalue weighted by Gasteiger charge is -2.32. The van der Waals surface area contributed by atoms with E-state index in [1.54, 1.807) is 0 Å². The molecule has 0 saturated heterocycles. The third kappa shape index (κ3) is 7.79. The smallest absolute Gasteiger partial charge is 0.284 e. The third-order valence-corrected chi connectivity index (χ3v) is 12.2. The van der Waals surface area contributed by atoms with Crippen LogP contribution in [0.15, 0.2) is 197 Å². The zero-order chi connectivity index (χ0) is 44.7. The highest BCUT2D eigenvalue weighted by atomic mass is 16.4. The van der Waals surface area contributed by atoms with E-state index in [0.717, 1.165) is 67.4 Å². The van der Waals surface area contributed by atoms with Crippen LogP contribution in [0.5, 0.6) is 0 Å². The van der Waals surface area contributed by atoms with E-state index in [4.69, 9.17) is 18.8 Å². The lowest BCUT2D eigenvalue weighted by Crippen LogP contribution is -2.15. The molecule has 0 amide bonds. The van der Waals surface area contributed by atoms with Gasteiger partial charge in [0.15, 0.2) is 11.2 Å². The molecule has 9 aromatic carbocycles. The summed E-state index contributed by atoms with van der Waals surface area (Å²) in [4.78, 5) is 14.2. The molecule has 2 aromatic heterocycles. The largest absolute Gasteiger partial charge is 0.432 e. The highest BCUT2D eigenvalue weighted by Crippen LogP contribution is 2.45. The van der Waals surface area contributed by atoms with Gasteiger partial charge in [-0.15, -0.1) is 0 Å². The van der Waals surface area contributed by atoms with Crippen LogP contribution in [0.3, 0.4) is 0 Å². The summed E-state index contributed by atoms with van der Waals surface area (Å²) in [6.07, 6.45) is 8.72. The Balaban J connectivity index is 1.12. The first-order valence-corrected chi connectivity index (χ1v) is 22.3. The van der Waals surface area contributed by atoms with Gasteiger partial charge in [0.2, 0.25) is 0 Å². The lowest BCUT2D eigenvalue weighted by atomic mass is 9.99. The Morgan fingerprint density at radius 1 is 0.394 bits per heavy atom. The first kappa shape index (κ1) is 40.3. The summed E-state index contributed by atoms with van der Waals surface area (Å²) in [5, 5.41) is 4.73. The number of oxazole rings is 2. The van der Waals surface area contributed by atoms with Crippen molar-refractivity contribution in [3.8, 4) is 11.8 Å². The predicted molar refractivity (Wildman–Crippen MR) is 276 cm³/mol. The minimum Gasteiger partial charge on any atom is -0.432 e. The number of allylic oxidation sites excluding steroid dienone is 1. The van der Waals surface area contributed by atoms with Gasteiger partial charge in [-0.25, -0.2) is 9.97 Å². The van der Waals surface area contributed by atoms with Gasteiger partial charge in [0.1, 0.15) is 11.0 Å². The van der Waals surface area contributed by atoms with Gasteiger partial charge >= 0.3 is 0 Å². The van der Waals surface area contributed by atoms with E-state index in [9.17, 15) is 0 Å². The highest BCUT2D eigenvalue weighted by Gasteiger charge is 2.23. The fourth-order valence-corrected chi connectivity index (χ4v) is 8.77. The van der Waals surface area contributed by atoms with Gasteiger partial charge in [-0.1, -0.05) is 132 Å². The molecular formula is C60H46N4O2. The van der Waals surface area contributed by atoms with Crippen LogP contribution in [0, 0.1) is 20.8 Å². The second-order valence-electron chi connectivity index (χ2n) is 16.9. The van der Waals surface area contributed by atoms with Crippen molar-refractivity contribution in [3.63, 3.8) is 0 Å². The average Bonchev–Trinajstić information content (AvgIpc) is 3.97. The van der Waals surface area contributed by atoms with Gasteiger partial charge in [0.05, 0.1) is 11.4 Å². The third-order valence-electron chi connectivity index (χ3n) is 12.2. The minimum atomic E-state index is 0.348. The van der Waals surface area contributed by atoms with E-state index >= 15 is 0 Å². The molecule has 0 aliphatic rings. The van der Waals surface area contributed by atoms with Crippen molar-refractivity contribution in [2.45, 2.75) is 27.7 Å². The molecule has 0 N–H and O–H groups in total. The molecule has 318 valence electrons. The standard InChI is InChI=1S/C60H46N4O2/c1-5-10-47-37-56(64(50-27-17-40(3)18-28-50)52-30-24-44-12-7-9-14-46(44)36-52)48(38-55(47)63(49-25-15-39(2)16-26-49)51-29-23-43-11-6-8-13-45(43)35-51)22-20-42-21-31-53-58(34-42)66-59(61-53)60-62-54-33-41(4)19-32-57(54)65-60/h5-38H,1-4H3/b10-5+,22-20+. The van der Waals surface area contributed by atoms with Crippen molar-refractivity contribution in [2.75, 3.05) is 9.80 Å². The molecule has 0 aliphatic carbocycles. The van der Waals surface area contributed by atoms with Crippen LogP contribution in [0.4, 0.5) is 34.1 Å². The number of aromatic nitrogens is 2. The monoisotopic (exact) mass is 854 g/mol. The van der Waals surface area contributed by atoms with Gasteiger partial charge < -0.3 is 18.6 Å². The Morgan fingerprint density at radius 2 is 0.894 bits per heavy atom. The summed E-state index contributed by atoms with van der Waals surface area (Å²) in [5.41, 5.74) is 15.7. The van der Waals surface area contributed by atoms with Crippen molar-refractivity contribution in [2.24, 2.45) is 0 Å². The molecule has 11 rings (SSSR count). The summed E-state index contributed by atoms with van der Waals surface area (Å²) in [6.45, 7) is 8.39. The predicted octanol–water partition coefficient (Wildman–Crippen LogP) is 17.0. The maximum absolute atomic E-state index is 6.34. The summed E-state index contributed by atoms with van der Waals surface area (Å²) >= 11 is 0. The molecule has 11 aromatic rings. The lowest BCUT2D eigenvalue weighted by molar-refractivity contribution is 0.550. The summed E-state index contributed by atoms with van der Waals surface area (Å²) < 4.78 is 12.4. The van der Waals surface area contributed by atoms with E-state index in [-0.39, 0.29) is 0 Å². The van der Waals surface area contributed by atoms with Crippen LogP contribution < -0.4 is 9.80 Å². The summed E-state index contributed by atoms with van der Waals surface area (Å²) in [5.74, 6) is 0.706. The van der Waals surface area contributed by atoms with Crippen molar-refractivity contribution in [3.05, 3.63) is 221 Å². The van der Waals surface area contributed by atoms with E-state index < -0.39 is 0 Å². The Kier molecular flexibility index (Phi) is 10.3. The molecule has 0 atom stereocenters. The number of nitrogens with zero attached hydrogens (tertiary/aromatic N) is 4. The Bertz CT molecular complexity index is 3650. The minimum absolute atomic E-state index is 0.348. The van der Waals surface area contributed by atoms with Gasteiger partial charge in [0, 0.05) is 33.9 Å². The number of rotatable bonds is 10. The fourth-order valence-electron chi connectivity index (χ4n) is 8.77. The van der Waals surface area contributed by atoms with E-state index in [1.165, 1.54) is 32.7 Å². The number of hydrogen-bond acceptors (Lipinski definition) is 6. The average molecular weight is 855 g/mol. The van der Waals surface area contributed by atoms with Crippen LogP contribution in [0.2, 0.25) is 0 Å². The van der Waals surface area contributed by atoms with Crippen LogP contribution in [0.1, 0.15) is 40.3 Å². The molecule has 2 heterocycles. The summed E-state index contributed by atoms with van der Waals surface area (Å²) in [6, 6.07) is 64.8.